The Morgan fingerprint density at radius 3 is 2.45 bits per heavy atom. The van der Waals surface area contributed by atoms with Crippen LogP contribution in [0, 0.1) is 16.2 Å². The molecule has 0 amide bonds. The summed E-state index contributed by atoms with van der Waals surface area (Å²) in [6, 6.07) is 0. The topological polar surface area (TPSA) is 0 Å². The molecule has 0 nitrogen and oxygen atoms in total. The van der Waals surface area contributed by atoms with E-state index in [-0.39, 0.29) is 5.41 Å². The van der Waals surface area contributed by atoms with E-state index in [0.717, 1.165) is 5.32 Å². The molecule has 0 bridgehead atoms. The maximum atomic E-state index is 3.22. The van der Waals surface area contributed by atoms with E-state index < -0.39 is 0 Å². The van der Waals surface area contributed by atoms with Crippen molar-refractivity contribution >= 4 is 15.0 Å². The van der Waals surface area contributed by atoms with Crippen LogP contribution >= 0.6 is 0 Å². The van der Waals surface area contributed by atoms with Gasteiger partial charge in [-0.3, -0.25) is 0 Å². The van der Waals surface area contributed by atoms with Gasteiger partial charge in [0.15, 0.2) is 0 Å². The summed E-state index contributed by atoms with van der Waals surface area (Å²) < 4.78 is 0. The van der Waals surface area contributed by atoms with Crippen LogP contribution in [0.2, 0.25) is 5.32 Å². The van der Waals surface area contributed by atoms with Gasteiger partial charge in [0.05, 0.1) is 0 Å². The summed E-state index contributed by atoms with van der Waals surface area (Å²) in [6.45, 7) is 8.48. The molecule has 0 aliphatic carbocycles. The Kier molecular flexibility index (Phi) is 5.38. The number of allylic oxidation sites excluding steroid dienone is 2. The molecule has 0 aliphatic rings. The van der Waals surface area contributed by atoms with Crippen molar-refractivity contribution in [1.82, 2.24) is 0 Å². The molecule has 0 fully saturated rings. The minimum atomic E-state index is 0.178. The molecule has 0 N–H and O–H groups in total. The summed E-state index contributed by atoms with van der Waals surface area (Å²) in [5, 5.41) is 1.15. The van der Waals surface area contributed by atoms with Crippen LogP contribution in [0.15, 0.2) is 12.2 Å². The van der Waals surface area contributed by atoms with Gasteiger partial charge in [-0.15, -0.1) is 0 Å². The fourth-order valence-corrected chi connectivity index (χ4v) is 1.95. The van der Waals surface area contributed by atoms with Crippen LogP contribution in [0.4, 0.5) is 0 Å². The second kappa shape index (κ2) is 5.47. The third-order valence-electron chi connectivity index (χ3n) is 0.913. The van der Waals surface area contributed by atoms with E-state index in [1.165, 1.54) is 0 Å². The average Bonchev–Trinajstić information content (AvgIpc) is 1.85. The molecule has 0 unspecified atom stereocenters. The van der Waals surface area contributed by atoms with E-state index in [1.54, 1.807) is 0 Å². The molecular weight excluding hydrogens is 199 g/mol. The SMILES string of the molecule is C/C=C/C[Se]C#CC(C)(C)C. The van der Waals surface area contributed by atoms with Crippen LogP contribution in [0.25, 0.3) is 0 Å². The summed E-state index contributed by atoms with van der Waals surface area (Å²) in [6.07, 6.45) is 4.26. The first-order chi connectivity index (χ1) is 5.06. The molecule has 62 valence electrons. The van der Waals surface area contributed by atoms with E-state index in [0.29, 0.717) is 15.0 Å². The van der Waals surface area contributed by atoms with E-state index in [9.17, 15) is 0 Å². The molecule has 0 radical (unpaired) electrons. The molecule has 11 heavy (non-hydrogen) atoms. The van der Waals surface area contributed by atoms with Crippen molar-refractivity contribution in [3.63, 3.8) is 0 Å². The molecule has 0 saturated heterocycles. The first kappa shape index (κ1) is 10.8. The molecule has 0 aromatic rings. The third-order valence-corrected chi connectivity index (χ3v) is 2.18. The van der Waals surface area contributed by atoms with Crippen molar-refractivity contribution < 1.29 is 0 Å². The van der Waals surface area contributed by atoms with Crippen LogP contribution in [-0.2, 0) is 0 Å². The monoisotopic (exact) mass is 216 g/mol. The van der Waals surface area contributed by atoms with Gasteiger partial charge in [-0.05, 0) is 0 Å². The Morgan fingerprint density at radius 1 is 1.36 bits per heavy atom. The molecule has 0 heterocycles. The average molecular weight is 215 g/mol. The summed E-state index contributed by atoms with van der Waals surface area (Å²) in [4.78, 5) is 3.22. The van der Waals surface area contributed by atoms with Crippen LogP contribution in [-0.4, -0.2) is 15.0 Å². The standard InChI is InChI=1S/C10H16Se/c1-5-6-8-11-9-7-10(2,3)4/h5-6H,8H2,1-4H3/b6-5+. The second-order valence-electron chi connectivity index (χ2n) is 3.36. The zero-order valence-corrected chi connectivity index (χ0v) is 9.48. The molecule has 0 saturated carbocycles. The Labute approximate surface area is 76.6 Å². The van der Waals surface area contributed by atoms with Gasteiger partial charge >= 0.3 is 76.3 Å². The Balaban J connectivity index is 3.57. The summed E-state index contributed by atoms with van der Waals surface area (Å²) in [7, 11) is 0. The van der Waals surface area contributed by atoms with Gasteiger partial charge in [0, 0.05) is 0 Å². The quantitative estimate of drug-likeness (QED) is 0.287. The number of hydrogen-bond donors (Lipinski definition) is 0. The third kappa shape index (κ3) is 9.82. The number of rotatable bonds is 2. The Hall–Kier alpha value is -0.181. The molecule has 0 aromatic carbocycles. The molecular formula is C10H16Se. The van der Waals surface area contributed by atoms with Crippen LogP contribution in [0.3, 0.4) is 0 Å². The predicted molar refractivity (Wildman–Crippen MR) is 52.6 cm³/mol. The van der Waals surface area contributed by atoms with Crippen LogP contribution in [0.5, 0.6) is 0 Å². The molecule has 0 aromatic heterocycles. The van der Waals surface area contributed by atoms with Gasteiger partial charge in [-0.1, -0.05) is 0 Å². The molecule has 0 rings (SSSR count). The van der Waals surface area contributed by atoms with Crippen molar-refractivity contribution in [2.24, 2.45) is 5.41 Å². The van der Waals surface area contributed by atoms with E-state index in [1.807, 2.05) is 6.92 Å². The zero-order chi connectivity index (χ0) is 8.74. The minimum absolute atomic E-state index is 0.178. The van der Waals surface area contributed by atoms with E-state index in [2.05, 4.69) is 43.7 Å². The normalized spacial score (nSPS) is 11.3. The molecule has 0 spiro atoms. The van der Waals surface area contributed by atoms with Gasteiger partial charge in [-0.2, -0.15) is 0 Å². The summed E-state index contributed by atoms with van der Waals surface area (Å²) in [5.74, 6) is 3.22. The molecule has 0 aliphatic heterocycles. The molecule has 0 atom stereocenters. The van der Waals surface area contributed by atoms with Crippen molar-refractivity contribution in [3.8, 4) is 10.7 Å². The fraction of sp³-hybridized carbons (Fsp3) is 0.600. The fourth-order valence-electron chi connectivity index (χ4n) is 0.375. The second-order valence-corrected chi connectivity index (χ2v) is 5.09. The summed E-state index contributed by atoms with van der Waals surface area (Å²) in [5.41, 5.74) is 0.178. The van der Waals surface area contributed by atoms with Gasteiger partial charge < -0.3 is 0 Å². The van der Waals surface area contributed by atoms with E-state index >= 15 is 0 Å². The van der Waals surface area contributed by atoms with Crippen molar-refractivity contribution in [2.45, 2.75) is 33.0 Å². The Morgan fingerprint density at radius 2 is 2.00 bits per heavy atom. The van der Waals surface area contributed by atoms with Crippen molar-refractivity contribution in [1.29, 1.82) is 0 Å². The van der Waals surface area contributed by atoms with E-state index in [4.69, 9.17) is 0 Å². The maximum absolute atomic E-state index is 3.22. The van der Waals surface area contributed by atoms with Crippen LogP contribution < -0.4 is 0 Å². The first-order valence-corrected chi connectivity index (χ1v) is 5.88. The van der Waals surface area contributed by atoms with Gasteiger partial charge in [0.1, 0.15) is 0 Å². The van der Waals surface area contributed by atoms with Gasteiger partial charge in [-0.25, -0.2) is 0 Å². The number of hydrogen-bond acceptors (Lipinski definition) is 0. The van der Waals surface area contributed by atoms with Gasteiger partial charge in [0.2, 0.25) is 0 Å². The van der Waals surface area contributed by atoms with Crippen molar-refractivity contribution in [3.05, 3.63) is 12.2 Å². The molecule has 1 heteroatoms. The van der Waals surface area contributed by atoms with Crippen molar-refractivity contribution in [2.75, 3.05) is 0 Å². The Bertz CT molecular complexity index is 173. The summed E-state index contributed by atoms with van der Waals surface area (Å²) >= 11 is 0.486. The predicted octanol–water partition coefficient (Wildman–Crippen LogP) is 2.69. The first-order valence-electron chi connectivity index (χ1n) is 3.81. The zero-order valence-electron chi connectivity index (χ0n) is 7.77. The van der Waals surface area contributed by atoms with Crippen LogP contribution in [0.1, 0.15) is 27.7 Å². The van der Waals surface area contributed by atoms with Gasteiger partial charge in [0.25, 0.3) is 0 Å².